The molecule has 9 nitrogen and oxygen atoms in total. The highest BCUT2D eigenvalue weighted by atomic mass is 79.9. The van der Waals surface area contributed by atoms with Gasteiger partial charge < -0.3 is 10.3 Å². The van der Waals surface area contributed by atoms with E-state index in [4.69, 9.17) is 11.8 Å². The van der Waals surface area contributed by atoms with Crippen molar-refractivity contribution < 1.29 is 8.81 Å². The predicted molar refractivity (Wildman–Crippen MR) is 110 cm³/mol. The van der Waals surface area contributed by atoms with E-state index in [1.165, 1.54) is 6.33 Å². The van der Waals surface area contributed by atoms with Crippen molar-refractivity contribution in [2.45, 2.75) is 8.27 Å². The molecule has 3 rings (SSSR count). The number of nitrogens with zero attached hydrogens (tertiary/aromatic N) is 5. The second kappa shape index (κ2) is 8.45. The van der Waals surface area contributed by atoms with Crippen LogP contribution >= 0.6 is 67.3 Å². The van der Waals surface area contributed by atoms with Crippen LogP contribution in [-0.4, -0.2) is 32.0 Å². The van der Waals surface area contributed by atoms with E-state index in [1.54, 1.807) is 0 Å². The van der Waals surface area contributed by atoms with Gasteiger partial charge in [0.2, 0.25) is 0 Å². The molecule has 1 unspecified atom stereocenters. The van der Waals surface area contributed by atoms with Gasteiger partial charge in [0.25, 0.3) is 15.1 Å². The molecule has 0 saturated heterocycles. The number of hydrogen-bond acceptors (Lipinski definition) is 9. The number of nitrogens with one attached hydrogen (secondary N) is 2. The first-order chi connectivity index (χ1) is 12.8. The van der Waals surface area contributed by atoms with Crippen LogP contribution in [0.15, 0.2) is 40.2 Å². The highest BCUT2D eigenvalue weighted by molar-refractivity contribution is 9.13. The van der Waals surface area contributed by atoms with Crippen LogP contribution in [0.2, 0.25) is 0 Å². The van der Waals surface area contributed by atoms with E-state index >= 15 is 0 Å². The number of imidazole rings is 1. The lowest BCUT2D eigenvalue weighted by Gasteiger charge is -2.20. The van der Waals surface area contributed by atoms with Crippen molar-refractivity contribution in [2.24, 2.45) is 0 Å². The van der Waals surface area contributed by atoms with Gasteiger partial charge in [-0.15, -0.1) is 4.48 Å². The van der Waals surface area contributed by atoms with Gasteiger partial charge in [-0.05, 0) is 50.5 Å². The summed E-state index contributed by atoms with van der Waals surface area (Å²) in [7, 11) is 0. The number of fused-ring (bicyclic) bond motifs is 1. The number of rotatable bonds is 7. The number of H-pyrrole nitrogens is 1. The Kier molecular flexibility index (Phi) is 6.43. The summed E-state index contributed by atoms with van der Waals surface area (Å²) in [5.41, 5.74) is 1.54. The summed E-state index contributed by atoms with van der Waals surface area (Å²) >= 11 is 12.2. The average Bonchev–Trinajstić information content (AvgIpc) is 3.02. The number of aromatic nitrogens is 4. The number of halogens is 4. The molecule has 0 aliphatic rings. The van der Waals surface area contributed by atoms with E-state index < -0.39 is 7.44 Å². The number of aromatic amines is 1. The minimum Gasteiger partial charge on any atom is -0.340 e. The van der Waals surface area contributed by atoms with Gasteiger partial charge in [0.15, 0.2) is 16.6 Å². The van der Waals surface area contributed by atoms with Gasteiger partial charge in [-0.3, -0.25) is 10.1 Å². The van der Waals surface area contributed by atoms with Gasteiger partial charge >= 0.3 is 0 Å². The SMILES string of the molecule is O=[N+]([O-])SC(Br)(Sc1nc(Nc2cccc(Br)c2)c2[nH]cnc2n1)N(F)Cl. The fourth-order valence-electron chi connectivity index (χ4n) is 1.94. The number of alkyl halides is 1. The summed E-state index contributed by atoms with van der Waals surface area (Å²) in [6, 6.07) is 7.35. The van der Waals surface area contributed by atoms with Crippen molar-refractivity contribution in [3.8, 4) is 0 Å². The van der Waals surface area contributed by atoms with Crippen molar-refractivity contribution in [1.82, 2.24) is 24.6 Å². The standard InChI is InChI=1S/C12H7Br2ClFN7O2S2/c13-6-2-1-3-7(4-6)19-10-8-9(18-5-17-8)20-11(21-10)26-12(14,22(15)16)27-23(24)25/h1-5H,(H2,17,18,19,20,21). The van der Waals surface area contributed by atoms with E-state index in [2.05, 4.69) is 57.1 Å². The minimum absolute atomic E-state index is 0.0100. The molecule has 1 aromatic carbocycles. The second-order valence-electron chi connectivity index (χ2n) is 4.75. The zero-order valence-electron chi connectivity index (χ0n) is 12.8. The fourth-order valence-corrected chi connectivity index (χ4v) is 4.69. The maximum absolute atomic E-state index is 13.6. The van der Waals surface area contributed by atoms with Crippen LogP contribution < -0.4 is 5.32 Å². The lowest BCUT2D eigenvalue weighted by molar-refractivity contribution is -0.286. The Morgan fingerprint density at radius 3 is 2.89 bits per heavy atom. The molecule has 0 radical (unpaired) electrons. The monoisotopic (exact) mass is 557 g/mol. The first-order valence-electron chi connectivity index (χ1n) is 6.84. The Labute approximate surface area is 181 Å². The highest BCUT2D eigenvalue weighted by Crippen LogP contribution is 2.50. The molecule has 0 aliphatic heterocycles. The van der Waals surface area contributed by atoms with Crippen molar-refractivity contribution in [3.05, 3.63) is 45.2 Å². The highest BCUT2D eigenvalue weighted by Gasteiger charge is 2.46. The molecule has 0 saturated carbocycles. The Hall–Kier alpha value is -1.19. The molecule has 1 atom stereocenters. The van der Waals surface area contributed by atoms with Crippen LogP contribution in [0.5, 0.6) is 0 Å². The van der Waals surface area contributed by atoms with Crippen LogP contribution in [0.1, 0.15) is 0 Å². The summed E-state index contributed by atoms with van der Waals surface area (Å²) in [5.74, 6) is 0.360. The first-order valence-corrected chi connectivity index (χ1v) is 10.3. The number of nitro groups is 1. The molecule has 0 fully saturated rings. The largest absolute Gasteiger partial charge is 0.340 e. The Balaban J connectivity index is 1.98. The summed E-state index contributed by atoms with van der Waals surface area (Å²) in [6.45, 7) is 0. The summed E-state index contributed by atoms with van der Waals surface area (Å²) in [6.07, 6.45) is 1.43. The van der Waals surface area contributed by atoms with Gasteiger partial charge in [0.1, 0.15) is 9.85 Å². The Morgan fingerprint density at radius 2 is 2.22 bits per heavy atom. The molecule has 0 bridgehead atoms. The third kappa shape index (κ3) is 5.00. The molecule has 3 aromatic rings. The molecule has 0 aliphatic carbocycles. The second-order valence-corrected chi connectivity index (χ2v) is 10.6. The number of hydrogen-bond donors (Lipinski definition) is 2. The first kappa shape index (κ1) is 20.5. The molecule has 0 amide bonds. The summed E-state index contributed by atoms with van der Waals surface area (Å²) < 4.78 is 11.4. The van der Waals surface area contributed by atoms with E-state index in [0.717, 1.165) is 10.2 Å². The summed E-state index contributed by atoms with van der Waals surface area (Å²) in [4.78, 5) is 26.3. The maximum Gasteiger partial charge on any atom is 0.289 e. The quantitative estimate of drug-likeness (QED) is 0.0463. The molecule has 2 aromatic heterocycles. The van der Waals surface area contributed by atoms with Crippen molar-refractivity contribution >= 4 is 90.0 Å². The third-order valence-electron chi connectivity index (χ3n) is 2.96. The van der Waals surface area contributed by atoms with Crippen LogP contribution in [0.3, 0.4) is 0 Å². The number of thioether (sulfide) groups is 1. The Bertz CT molecular complexity index is 997. The number of anilines is 2. The molecule has 27 heavy (non-hydrogen) atoms. The summed E-state index contributed by atoms with van der Waals surface area (Å²) in [5, 5.41) is 13.9. The van der Waals surface area contributed by atoms with Gasteiger partial charge in [0.05, 0.1) is 6.33 Å². The third-order valence-corrected chi connectivity index (χ3v) is 7.13. The van der Waals surface area contributed by atoms with Gasteiger partial charge in [0, 0.05) is 21.9 Å². The molecule has 142 valence electrons. The predicted octanol–water partition coefficient (Wildman–Crippen LogP) is 5.22. The van der Waals surface area contributed by atoms with Crippen LogP contribution in [-0.2, 0) is 0 Å². The minimum atomic E-state index is -1.98. The van der Waals surface area contributed by atoms with E-state index in [-0.39, 0.29) is 21.7 Å². The molecule has 0 spiro atoms. The maximum atomic E-state index is 13.6. The Morgan fingerprint density at radius 1 is 1.44 bits per heavy atom. The van der Waals surface area contributed by atoms with Gasteiger partial charge in [-0.25, -0.2) is 15.0 Å². The van der Waals surface area contributed by atoms with E-state index in [1.807, 2.05) is 24.3 Å². The molecular formula is C12H7Br2ClFN7O2S2. The smallest absolute Gasteiger partial charge is 0.289 e. The molecular weight excluding hydrogens is 553 g/mol. The van der Waals surface area contributed by atoms with Crippen LogP contribution in [0.4, 0.5) is 16.0 Å². The molecule has 2 heterocycles. The van der Waals surface area contributed by atoms with Crippen molar-refractivity contribution in [1.29, 1.82) is 0 Å². The molecule has 15 heteroatoms. The lowest BCUT2D eigenvalue weighted by atomic mass is 10.3. The average molecular weight is 560 g/mol. The van der Waals surface area contributed by atoms with Crippen molar-refractivity contribution in [2.75, 3.05) is 5.32 Å². The topological polar surface area (TPSA) is 113 Å². The zero-order chi connectivity index (χ0) is 19.6. The lowest BCUT2D eigenvalue weighted by Crippen LogP contribution is -2.26. The number of benzene rings is 1. The van der Waals surface area contributed by atoms with Gasteiger partial charge in [-0.1, -0.05) is 22.0 Å². The molecule has 2 N–H and O–H groups in total. The van der Waals surface area contributed by atoms with Crippen molar-refractivity contribution in [3.63, 3.8) is 0 Å². The fraction of sp³-hybridized carbons (Fsp3) is 0.0833. The van der Waals surface area contributed by atoms with Gasteiger partial charge in [-0.2, -0.15) is 0 Å². The van der Waals surface area contributed by atoms with E-state index in [0.29, 0.717) is 28.7 Å². The van der Waals surface area contributed by atoms with Crippen LogP contribution in [0, 0.1) is 10.1 Å². The zero-order valence-corrected chi connectivity index (χ0v) is 18.3. The van der Waals surface area contributed by atoms with E-state index in [9.17, 15) is 14.6 Å². The van der Waals surface area contributed by atoms with Crippen LogP contribution in [0.25, 0.3) is 11.2 Å². The normalized spacial score (nSPS) is 13.7.